The van der Waals surface area contributed by atoms with Crippen molar-refractivity contribution < 1.29 is 13.9 Å². The van der Waals surface area contributed by atoms with Crippen LogP contribution in [0.25, 0.3) is 22.2 Å². The van der Waals surface area contributed by atoms with Crippen molar-refractivity contribution in [2.45, 2.75) is 6.61 Å². The van der Waals surface area contributed by atoms with E-state index in [-0.39, 0.29) is 18.3 Å². The Morgan fingerprint density at radius 3 is 2.42 bits per heavy atom. The highest BCUT2D eigenvalue weighted by Gasteiger charge is 2.14. The largest absolute Gasteiger partial charge is 0.487 e. The first-order valence-electron chi connectivity index (χ1n) is 11.6. The summed E-state index contributed by atoms with van der Waals surface area (Å²) < 4.78 is 21.2. The molecule has 38 heavy (non-hydrogen) atoms. The van der Waals surface area contributed by atoms with Crippen molar-refractivity contribution in [3.63, 3.8) is 0 Å². The second-order valence-electron chi connectivity index (χ2n) is 8.37. The third kappa shape index (κ3) is 6.18. The van der Waals surface area contributed by atoms with Gasteiger partial charge in [0, 0.05) is 10.9 Å². The van der Waals surface area contributed by atoms with Gasteiger partial charge in [-0.3, -0.25) is 4.79 Å². The Kier molecular flexibility index (Phi) is 8.28. The fraction of sp³-hybridized carbons (Fsp3) is 0.0333. The highest BCUT2D eigenvalue weighted by molar-refractivity contribution is 14.1. The standard InChI is InChI=1S/C30H20FI2N3O2/c31-22-10-6-7-19(13-22)18-38-29-25(32)14-20(15-26(29)33)17-34-36-30(37)24-16-28(21-8-2-1-3-9-21)35-27-12-5-4-11-23(24)27/h1-17H,18H2,(H,36,37)/b34-17+. The Morgan fingerprint density at radius 2 is 1.66 bits per heavy atom. The van der Waals surface area contributed by atoms with E-state index in [4.69, 9.17) is 9.72 Å². The number of rotatable bonds is 7. The fourth-order valence-corrected chi connectivity index (χ4v) is 6.05. The van der Waals surface area contributed by atoms with Gasteiger partial charge in [0.25, 0.3) is 5.91 Å². The summed E-state index contributed by atoms with van der Waals surface area (Å²) in [7, 11) is 0. The van der Waals surface area contributed by atoms with E-state index in [9.17, 15) is 9.18 Å². The van der Waals surface area contributed by atoms with Crippen LogP contribution in [0.15, 0.2) is 102 Å². The molecule has 1 heterocycles. The zero-order chi connectivity index (χ0) is 26.5. The molecule has 0 fully saturated rings. The molecule has 8 heteroatoms. The molecular formula is C30H20FI2N3O2. The number of amides is 1. The van der Waals surface area contributed by atoms with Gasteiger partial charge in [0.2, 0.25) is 0 Å². The first kappa shape index (κ1) is 26.2. The van der Waals surface area contributed by atoms with E-state index < -0.39 is 0 Å². The predicted molar refractivity (Wildman–Crippen MR) is 165 cm³/mol. The van der Waals surface area contributed by atoms with E-state index in [1.165, 1.54) is 12.1 Å². The number of hydrazone groups is 1. The maximum atomic E-state index is 13.5. The van der Waals surface area contributed by atoms with E-state index in [1.54, 1.807) is 18.3 Å². The second kappa shape index (κ2) is 12.0. The predicted octanol–water partition coefficient (Wildman–Crippen LogP) is 7.59. The zero-order valence-electron chi connectivity index (χ0n) is 19.9. The first-order chi connectivity index (χ1) is 18.5. The van der Waals surface area contributed by atoms with Crippen molar-refractivity contribution in [2.75, 3.05) is 0 Å². The number of hydrogen-bond acceptors (Lipinski definition) is 4. The summed E-state index contributed by atoms with van der Waals surface area (Å²) in [5.74, 6) is 0.102. The average molecular weight is 727 g/mol. The molecule has 0 aliphatic carbocycles. The lowest BCUT2D eigenvalue weighted by atomic mass is 10.0. The van der Waals surface area contributed by atoms with Gasteiger partial charge in [-0.25, -0.2) is 14.8 Å². The smallest absolute Gasteiger partial charge is 0.272 e. The van der Waals surface area contributed by atoms with Crippen molar-refractivity contribution in [2.24, 2.45) is 5.10 Å². The average Bonchev–Trinajstić information content (AvgIpc) is 2.92. The van der Waals surface area contributed by atoms with Gasteiger partial charge >= 0.3 is 0 Å². The van der Waals surface area contributed by atoms with E-state index in [1.807, 2.05) is 72.8 Å². The molecular weight excluding hydrogens is 707 g/mol. The molecule has 0 saturated carbocycles. The number of hydrogen-bond donors (Lipinski definition) is 1. The van der Waals surface area contributed by atoms with Crippen LogP contribution in [-0.4, -0.2) is 17.1 Å². The highest BCUT2D eigenvalue weighted by atomic mass is 127. The molecule has 0 bridgehead atoms. The summed E-state index contributed by atoms with van der Waals surface area (Å²) in [6.45, 7) is 0.262. The van der Waals surface area contributed by atoms with E-state index >= 15 is 0 Å². The van der Waals surface area contributed by atoms with Gasteiger partial charge in [-0.2, -0.15) is 5.10 Å². The van der Waals surface area contributed by atoms with Crippen LogP contribution < -0.4 is 10.2 Å². The van der Waals surface area contributed by atoms with Gasteiger partial charge in [0.1, 0.15) is 18.2 Å². The van der Waals surface area contributed by atoms with Crippen molar-refractivity contribution in [3.8, 4) is 17.0 Å². The van der Waals surface area contributed by atoms with E-state index in [0.29, 0.717) is 11.3 Å². The van der Waals surface area contributed by atoms with Crippen LogP contribution in [0.3, 0.4) is 0 Å². The quantitative estimate of drug-likeness (QED) is 0.107. The Labute approximate surface area is 246 Å². The Hall–Kier alpha value is -3.38. The number of fused-ring (bicyclic) bond motifs is 1. The molecule has 0 saturated heterocycles. The van der Waals surface area contributed by atoms with Crippen molar-refractivity contribution in [1.82, 2.24) is 10.4 Å². The SMILES string of the molecule is O=C(N/N=C/c1cc(I)c(OCc2cccc(F)c2)c(I)c1)c1cc(-c2ccccc2)nc2ccccc12. The van der Waals surface area contributed by atoms with Crippen LogP contribution in [0, 0.1) is 13.0 Å². The molecule has 4 aromatic carbocycles. The number of nitrogens with zero attached hydrogens (tertiary/aromatic N) is 2. The second-order valence-corrected chi connectivity index (χ2v) is 10.7. The van der Waals surface area contributed by atoms with Crippen LogP contribution in [0.4, 0.5) is 4.39 Å². The Morgan fingerprint density at radius 1 is 0.921 bits per heavy atom. The van der Waals surface area contributed by atoms with Crippen LogP contribution in [0.2, 0.25) is 0 Å². The van der Waals surface area contributed by atoms with Crippen LogP contribution >= 0.6 is 45.2 Å². The molecule has 1 amide bonds. The van der Waals surface area contributed by atoms with E-state index in [0.717, 1.165) is 40.4 Å². The summed E-state index contributed by atoms with van der Waals surface area (Å²) in [4.78, 5) is 17.9. The minimum atomic E-state index is -0.323. The molecule has 5 nitrogen and oxygen atoms in total. The van der Waals surface area contributed by atoms with Gasteiger partial charge in [-0.15, -0.1) is 0 Å². The minimum Gasteiger partial charge on any atom is -0.487 e. The van der Waals surface area contributed by atoms with Crippen LogP contribution in [0.5, 0.6) is 5.75 Å². The third-order valence-corrected chi connectivity index (χ3v) is 7.31. The van der Waals surface area contributed by atoms with Crippen molar-refractivity contribution in [3.05, 3.63) is 127 Å². The summed E-state index contributed by atoms with van der Waals surface area (Å²) in [5.41, 5.74) is 7.10. The zero-order valence-corrected chi connectivity index (χ0v) is 24.2. The molecule has 188 valence electrons. The van der Waals surface area contributed by atoms with Crippen LogP contribution in [-0.2, 0) is 6.61 Å². The number of aromatic nitrogens is 1. The lowest BCUT2D eigenvalue weighted by molar-refractivity contribution is 0.0956. The van der Waals surface area contributed by atoms with Gasteiger partial charge in [0.15, 0.2) is 0 Å². The lowest BCUT2D eigenvalue weighted by Crippen LogP contribution is -2.18. The molecule has 5 aromatic rings. The number of carbonyl (C=O) groups is 1. The Bertz CT molecular complexity index is 1640. The summed E-state index contributed by atoms with van der Waals surface area (Å²) in [5, 5.41) is 4.96. The third-order valence-electron chi connectivity index (χ3n) is 5.70. The highest BCUT2D eigenvalue weighted by Crippen LogP contribution is 2.29. The molecule has 0 aliphatic heterocycles. The summed E-state index contributed by atoms with van der Waals surface area (Å²) in [6.07, 6.45) is 1.60. The minimum absolute atomic E-state index is 0.262. The summed E-state index contributed by atoms with van der Waals surface area (Å²) in [6, 6.07) is 29.3. The summed E-state index contributed by atoms with van der Waals surface area (Å²) >= 11 is 4.39. The lowest BCUT2D eigenvalue weighted by Gasteiger charge is -2.11. The normalized spacial score (nSPS) is 11.1. The molecule has 0 spiro atoms. The molecule has 5 rings (SSSR count). The number of pyridine rings is 1. The molecule has 1 N–H and O–H groups in total. The van der Waals surface area contributed by atoms with Crippen LogP contribution in [0.1, 0.15) is 21.5 Å². The number of carbonyl (C=O) groups excluding carboxylic acids is 1. The van der Waals surface area contributed by atoms with Gasteiger partial charge < -0.3 is 4.74 Å². The number of halogens is 3. The maximum absolute atomic E-state index is 13.5. The number of para-hydroxylation sites is 1. The molecule has 0 radical (unpaired) electrons. The fourth-order valence-electron chi connectivity index (χ4n) is 3.92. The van der Waals surface area contributed by atoms with Crippen molar-refractivity contribution in [1.29, 1.82) is 0 Å². The molecule has 0 atom stereocenters. The van der Waals surface area contributed by atoms with Crippen molar-refractivity contribution >= 4 is 68.2 Å². The number of benzene rings is 4. The monoisotopic (exact) mass is 727 g/mol. The maximum Gasteiger partial charge on any atom is 0.272 e. The van der Waals surface area contributed by atoms with Gasteiger partial charge in [0.05, 0.1) is 30.1 Å². The first-order valence-corrected chi connectivity index (χ1v) is 13.8. The Balaban J connectivity index is 1.33. The molecule has 0 aliphatic rings. The van der Waals surface area contributed by atoms with Gasteiger partial charge in [-0.05, 0) is 92.7 Å². The molecule has 1 aromatic heterocycles. The number of ether oxygens (including phenoxy) is 1. The topological polar surface area (TPSA) is 63.6 Å². The molecule has 0 unspecified atom stereocenters. The van der Waals surface area contributed by atoms with Gasteiger partial charge in [-0.1, -0.05) is 60.7 Å². The number of nitrogens with one attached hydrogen (secondary N) is 1. The van der Waals surface area contributed by atoms with E-state index in [2.05, 4.69) is 55.7 Å².